The van der Waals surface area contributed by atoms with Gasteiger partial charge in [0.2, 0.25) is 0 Å². The fourth-order valence-corrected chi connectivity index (χ4v) is 1.95. The molecular formula is C17H19FO2. The molecule has 20 heavy (non-hydrogen) atoms. The van der Waals surface area contributed by atoms with Crippen LogP contribution in [0.2, 0.25) is 0 Å². The van der Waals surface area contributed by atoms with Crippen LogP contribution in [0.15, 0.2) is 42.5 Å². The zero-order valence-corrected chi connectivity index (χ0v) is 11.8. The third kappa shape index (κ3) is 3.36. The lowest BCUT2D eigenvalue weighted by Crippen LogP contribution is -1.93. The number of aliphatic hydroxyl groups is 1. The summed E-state index contributed by atoms with van der Waals surface area (Å²) in [7, 11) is 0. The van der Waals surface area contributed by atoms with Gasteiger partial charge in [-0.3, -0.25) is 0 Å². The molecular weight excluding hydrogens is 255 g/mol. The van der Waals surface area contributed by atoms with Gasteiger partial charge in [-0.2, -0.15) is 0 Å². The van der Waals surface area contributed by atoms with Crippen LogP contribution in [-0.2, 0) is 6.61 Å². The smallest absolute Gasteiger partial charge is 0.166 e. The molecule has 1 unspecified atom stereocenters. The van der Waals surface area contributed by atoms with Gasteiger partial charge >= 0.3 is 0 Å². The van der Waals surface area contributed by atoms with Crippen molar-refractivity contribution in [2.75, 3.05) is 0 Å². The zero-order chi connectivity index (χ0) is 14.5. The molecule has 0 fully saturated rings. The van der Waals surface area contributed by atoms with Crippen molar-refractivity contribution in [2.24, 2.45) is 0 Å². The van der Waals surface area contributed by atoms with E-state index in [0.29, 0.717) is 17.2 Å². The van der Waals surface area contributed by atoms with Gasteiger partial charge in [-0.15, -0.1) is 0 Å². The number of ether oxygens (including phenoxy) is 1. The van der Waals surface area contributed by atoms with Gasteiger partial charge in [-0.05, 0) is 47.7 Å². The fourth-order valence-electron chi connectivity index (χ4n) is 1.95. The van der Waals surface area contributed by atoms with E-state index in [9.17, 15) is 4.39 Å². The molecule has 0 bridgehead atoms. The average Bonchev–Trinajstić information content (AvgIpc) is 2.49. The highest BCUT2D eigenvalue weighted by atomic mass is 19.1. The molecule has 0 saturated carbocycles. The van der Waals surface area contributed by atoms with Crippen LogP contribution in [0.5, 0.6) is 11.5 Å². The molecule has 2 aromatic rings. The van der Waals surface area contributed by atoms with Crippen molar-refractivity contribution in [3.63, 3.8) is 0 Å². The SMILES string of the molecule is CCC(C)c1ccc(Oc2ccc(CO)cc2F)cc1. The molecule has 0 heterocycles. The van der Waals surface area contributed by atoms with Crippen molar-refractivity contribution < 1.29 is 14.2 Å². The first-order valence-corrected chi connectivity index (χ1v) is 6.81. The molecule has 0 spiro atoms. The molecule has 0 radical (unpaired) electrons. The van der Waals surface area contributed by atoms with Crippen molar-refractivity contribution in [3.8, 4) is 11.5 Å². The standard InChI is InChI=1S/C17H19FO2/c1-3-12(2)14-5-7-15(8-6-14)20-17-9-4-13(11-19)10-16(17)18/h4-10,12,19H,3,11H2,1-2H3. The minimum Gasteiger partial charge on any atom is -0.454 e. The van der Waals surface area contributed by atoms with Gasteiger partial charge in [0.25, 0.3) is 0 Å². The van der Waals surface area contributed by atoms with E-state index in [4.69, 9.17) is 9.84 Å². The first-order chi connectivity index (χ1) is 9.63. The Morgan fingerprint density at radius 2 is 1.85 bits per heavy atom. The molecule has 1 N–H and O–H groups in total. The molecule has 106 valence electrons. The lowest BCUT2D eigenvalue weighted by molar-refractivity contribution is 0.281. The summed E-state index contributed by atoms with van der Waals surface area (Å²) in [6, 6.07) is 12.2. The lowest BCUT2D eigenvalue weighted by Gasteiger charge is -2.11. The molecule has 3 heteroatoms. The highest BCUT2D eigenvalue weighted by Gasteiger charge is 2.07. The van der Waals surface area contributed by atoms with Crippen LogP contribution in [0.4, 0.5) is 4.39 Å². The molecule has 2 aromatic carbocycles. The van der Waals surface area contributed by atoms with Gasteiger partial charge in [0, 0.05) is 0 Å². The molecule has 1 atom stereocenters. The molecule has 0 saturated heterocycles. The molecule has 0 aromatic heterocycles. The quantitative estimate of drug-likeness (QED) is 0.861. The van der Waals surface area contributed by atoms with E-state index in [1.807, 2.05) is 24.3 Å². The fraction of sp³-hybridized carbons (Fsp3) is 0.294. The highest BCUT2D eigenvalue weighted by Crippen LogP contribution is 2.27. The third-order valence-electron chi connectivity index (χ3n) is 3.47. The minimum atomic E-state index is -0.470. The van der Waals surface area contributed by atoms with E-state index in [0.717, 1.165) is 6.42 Å². The first-order valence-electron chi connectivity index (χ1n) is 6.81. The van der Waals surface area contributed by atoms with E-state index < -0.39 is 5.82 Å². The Morgan fingerprint density at radius 1 is 1.15 bits per heavy atom. The maximum Gasteiger partial charge on any atom is 0.166 e. The molecule has 2 rings (SSSR count). The Morgan fingerprint density at radius 3 is 2.40 bits per heavy atom. The Kier molecular flexibility index (Phi) is 4.74. The van der Waals surface area contributed by atoms with Gasteiger partial charge in [-0.1, -0.05) is 32.0 Å². The summed E-state index contributed by atoms with van der Waals surface area (Å²) in [5, 5.41) is 8.94. The second-order valence-corrected chi connectivity index (χ2v) is 4.90. The summed E-state index contributed by atoms with van der Waals surface area (Å²) in [5.74, 6) is 0.804. The average molecular weight is 274 g/mol. The minimum absolute atomic E-state index is 0.165. The summed E-state index contributed by atoms with van der Waals surface area (Å²) in [4.78, 5) is 0. The van der Waals surface area contributed by atoms with Gasteiger partial charge in [0.15, 0.2) is 11.6 Å². The number of rotatable bonds is 5. The Balaban J connectivity index is 2.14. The zero-order valence-electron chi connectivity index (χ0n) is 11.8. The summed E-state index contributed by atoms with van der Waals surface area (Å²) in [5.41, 5.74) is 1.78. The van der Waals surface area contributed by atoms with Crippen LogP contribution in [0.25, 0.3) is 0 Å². The van der Waals surface area contributed by atoms with Crippen molar-refractivity contribution in [3.05, 3.63) is 59.4 Å². The van der Waals surface area contributed by atoms with E-state index in [1.165, 1.54) is 17.7 Å². The van der Waals surface area contributed by atoms with Crippen LogP contribution >= 0.6 is 0 Å². The molecule has 0 aliphatic rings. The van der Waals surface area contributed by atoms with Gasteiger partial charge < -0.3 is 9.84 Å². The first kappa shape index (κ1) is 14.5. The van der Waals surface area contributed by atoms with Crippen LogP contribution < -0.4 is 4.74 Å². The van der Waals surface area contributed by atoms with E-state index >= 15 is 0 Å². The van der Waals surface area contributed by atoms with Crippen molar-refractivity contribution in [1.29, 1.82) is 0 Å². The van der Waals surface area contributed by atoms with Crippen molar-refractivity contribution in [1.82, 2.24) is 0 Å². The maximum absolute atomic E-state index is 13.7. The van der Waals surface area contributed by atoms with Crippen LogP contribution in [0.1, 0.15) is 37.3 Å². The maximum atomic E-state index is 13.7. The van der Waals surface area contributed by atoms with Crippen molar-refractivity contribution >= 4 is 0 Å². The number of hydrogen-bond acceptors (Lipinski definition) is 2. The summed E-state index contributed by atoms with van der Waals surface area (Å²) in [6.45, 7) is 4.14. The molecule has 0 aliphatic heterocycles. The van der Waals surface area contributed by atoms with Crippen LogP contribution in [0, 0.1) is 5.82 Å². The Hall–Kier alpha value is -1.87. The van der Waals surface area contributed by atoms with E-state index in [-0.39, 0.29) is 12.4 Å². The highest BCUT2D eigenvalue weighted by molar-refractivity contribution is 5.36. The summed E-state index contributed by atoms with van der Waals surface area (Å²) in [6.07, 6.45) is 1.08. The van der Waals surface area contributed by atoms with E-state index in [1.54, 1.807) is 6.07 Å². The third-order valence-corrected chi connectivity index (χ3v) is 3.47. The van der Waals surface area contributed by atoms with Gasteiger partial charge in [-0.25, -0.2) is 4.39 Å². The Bertz CT molecular complexity index is 564. The number of hydrogen-bond donors (Lipinski definition) is 1. The summed E-state index contributed by atoms with van der Waals surface area (Å²) < 4.78 is 19.3. The number of benzene rings is 2. The lowest BCUT2D eigenvalue weighted by atomic mass is 9.99. The number of aliphatic hydroxyl groups excluding tert-OH is 1. The largest absolute Gasteiger partial charge is 0.454 e. The molecule has 0 amide bonds. The van der Waals surface area contributed by atoms with Crippen LogP contribution in [0.3, 0.4) is 0 Å². The summed E-state index contributed by atoms with van der Waals surface area (Å²) >= 11 is 0. The second-order valence-electron chi connectivity index (χ2n) is 4.90. The molecule has 0 aliphatic carbocycles. The Labute approximate surface area is 118 Å². The second kappa shape index (κ2) is 6.53. The predicted molar refractivity (Wildman–Crippen MR) is 77.5 cm³/mol. The van der Waals surface area contributed by atoms with Gasteiger partial charge in [0.05, 0.1) is 6.61 Å². The topological polar surface area (TPSA) is 29.5 Å². The van der Waals surface area contributed by atoms with Gasteiger partial charge in [0.1, 0.15) is 5.75 Å². The predicted octanol–water partition coefficient (Wildman–Crippen LogP) is 4.62. The van der Waals surface area contributed by atoms with E-state index in [2.05, 4.69) is 13.8 Å². The molecule has 2 nitrogen and oxygen atoms in total. The van der Waals surface area contributed by atoms with Crippen molar-refractivity contribution in [2.45, 2.75) is 32.8 Å². The normalized spacial score (nSPS) is 12.2. The monoisotopic (exact) mass is 274 g/mol. The number of halogens is 1. The van der Waals surface area contributed by atoms with Crippen LogP contribution in [-0.4, -0.2) is 5.11 Å².